The van der Waals surface area contributed by atoms with Crippen LogP contribution in [0, 0.1) is 12.7 Å². The number of nitrogens with one attached hydrogen (secondary N) is 1. The number of benzene rings is 3. The fourth-order valence-electron chi connectivity index (χ4n) is 5.05. The van der Waals surface area contributed by atoms with Gasteiger partial charge in [0.1, 0.15) is 24.2 Å². The summed E-state index contributed by atoms with van der Waals surface area (Å²) in [4.78, 5) is 28.8. The second-order valence-electron chi connectivity index (χ2n) is 10.7. The van der Waals surface area contributed by atoms with Gasteiger partial charge in [0.25, 0.3) is 10.0 Å². The Balaban J connectivity index is 1.67. The van der Waals surface area contributed by atoms with Crippen LogP contribution in [0.4, 0.5) is 10.1 Å². The van der Waals surface area contributed by atoms with Crippen LogP contribution in [0.3, 0.4) is 0 Å². The van der Waals surface area contributed by atoms with Crippen LogP contribution in [-0.4, -0.2) is 50.9 Å². The zero-order chi connectivity index (χ0) is 30.3. The molecule has 0 radical (unpaired) electrons. The second kappa shape index (κ2) is 13.8. The van der Waals surface area contributed by atoms with Crippen LogP contribution in [0.5, 0.6) is 5.75 Å². The molecule has 1 atom stereocenters. The number of carbonyl (C=O) groups is 2. The summed E-state index contributed by atoms with van der Waals surface area (Å²) in [6.07, 6.45) is 4.96. The average Bonchev–Trinajstić information content (AvgIpc) is 3.00. The molecule has 1 aliphatic rings. The first-order valence-electron chi connectivity index (χ1n) is 14.2. The van der Waals surface area contributed by atoms with Gasteiger partial charge in [0.15, 0.2) is 0 Å². The number of halogens is 1. The third-order valence-corrected chi connectivity index (χ3v) is 9.42. The fourth-order valence-corrected chi connectivity index (χ4v) is 6.47. The van der Waals surface area contributed by atoms with Crippen molar-refractivity contribution in [2.45, 2.75) is 69.5 Å². The van der Waals surface area contributed by atoms with Crippen LogP contribution in [0.1, 0.15) is 50.2 Å². The maximum absolute atomic E-state index is 14.0. The van der Waals surface area contributed by atoms with Crippen LogP contribution >= 0.6 is 0 Å². The normalized spacial score (nSPS) is 14.6. The zero-order valence-electron chi connectivity index (χ0n) is 24.3. The van der Waals surface area contributed by atoms with E-state index in [0.29, 0.717) is 11.3 Å². The lowest BCUT2D eigenvalue weighted by molar-refractivity contribution is -0.139. The molecule has 0 heterocycles. The minimum absolute atomic E-state index is 0.000597. The molecule has 0 spiro atoms. The molecule has 0 aliphatic heterocycles. The molecule has 224 valence electrons. The Morgan fingerprint density at radius 1 is 0.952 bits per heavy atom. The fraction of sp³-hybridized carbons (Fsp3) is 0.375. The SMILES string of the molecule is COc1ccc(N(CC(=O)N(Cc2ccc(F)cc2)C(C)C(=O)NC2CCCCC2)S(=O)(=O)c2ccc(C)cc2)cc1. The molecule has 4 rings (SSSR count). The van der Waals surface area contributed by atoms with Gasteiger partial charge in [-0.1, -0.05) is 49.1 Å². The van der Waals surface area contributed by atoms with E-state index in [-0.39, 0.29) is 29.1 Å². The summed E-state index contributed by atoms with van der Waals surface area (Å²) >= 11 is 0. The maximum atomic E-state index is 14.0. The van der Waals surface area contributed by atoms with Crippen molar-refractivity contribution in [2.75, 3.05) is 18.0 Å². The molecular weight excluding hydrogens is 557 g/mol. The molecule has 10 heteroatoms. The van der Waals surface area contributed by atoms with Gasteiger partial charge >= 0.3 is 0 Å². The van der Waals surface area contributed by atoms with Gasteiger partial charge < -0.3 is 15.0 Å². The Morgan fingerprint density at radius 2 is 1.57 bits per heavy atom. The highest BCUT2D eigenvalue weighted by molar-refractivity contribution is 7.92. The van der Waals surface area contributed by atoms with Gasteiger partial charge in [-0.05, 0) is 80.8 Å². The Morgan fingerprint density at radius 3 is 2.17 bits per heavy atom. The largest absolute Gasteiger partial charge is 0.497 e. The van der Waals surface area contributed by atoms with Crippen molar-refractivity contribution in [1.82, 2.24) is 10.2 Å². The molecule has 1 aliphatic carbocycles. The summed E-state index contributed by atoms with van der Waals surface area (Å²) < 4.78 is 47.8. The van der Waals surface area contributed by atoms with Crippen molar-refractivity contribution < 1.29 is 27.1 Å². The number of aryl methyl sites for hydroxylation is 1. The minimum atomic E-state index is -4.17. The molecule has 1 N–H and O–H groups in total. The van der Waals surface area contributed by atoms with Crippen LogP contribution in [0.15, 0.2) is 77.7 Å². The topological polar surface area (TPSA) is 96.0 Å². The van der Waals surface area contributed by atoms with Gasteiger partial charge in [-0.15, -0.1) is 0 Å². The number of ether oxygens (including phenoxy) is 1. The van der Waals surface area contributed by atoms with Gasteiger partial charge in [-0.2, -0.15) is 0 Å². The lowest BCUT2D eigenvalue weighted by Gasteiger charge is -2.33. The average molecular weight is 596 g/mol. The van der Waals surface area contributed by atoms with Crippen LogP contribution < -0.4 is 14.4 Å². The number of sulfonamides is 1. The quantitative estimate of drug-likeness (QED) is 0.329. The van der Waals surface area contributed by atoms with Crippen LogP contribution in [0.2, 0.25) is 0 Å². The number of nitrogens with zero attached hydrogens (tertiary/aromatic N) is 2. The lowest BCUT2D eigenvalue weighted by Crippen LogP contribution is -2.53. The van der Waals surface area contributed by atoms with E-state index in [1.54, 1.807) is 55.5 Å². The Bertz CT molecular complexity index is 1460. The number of amides is 2. The smallest absolute Gasteiger partial charge is 0.264 e. The summed E-state index contributed by atoms with van der Waals surface area (Å²) in [5.41, 5.74) is 1.77. The third-order valence-electron chi connectivity index (χ3n) is 7.63. The van der Waals surface area contributed by atoms with E-state index in [1.807, 2.05) is 6.92 Å². The molecule has 0 aromatic heterocycles. The van der Waals surface area contributed by atoms with Gasteiger partial charge in [0.05, 0.1) is 17.7 Å². The number of hydrogen-bond acceptors (Lipinski definition) is 5. The van der Waals surface area contributed by atoms with Crippen molar-refractivity contribution in [2.24, 2.45) is 0 Å². The highest BCUT2D eigenvalue weighted by atomic mass is 32.2. The molecule has 3 aromatic rings. The Kier molecular flexibility index (Phi) is 10.2. The summed E-state index contributed by atoms with van der Waals surface area (Å²) in [5.74, 6) is -0.773. The van der Waals surface area contributed by atoms with Gasteiger partial charge in [0.2, 0.25) is 11.8 Å². The zero-order valence-corrected chi connectivity index (χ0v) is 25.1. The minimum Gasteiger partial charge on any atom is -0.497 e. The molecule has 0 bridgehead atoms. The number of hydrogen-bond donors (Lipinski definition) is 1. The number of anilines is 1. The number of rotatable bonds is 11. The molecule has 42 heavy (non-hydrogen) atoms. The molecule has 3 aromatic carbocycles. The Labute approximate surface area is 247 Å². The Hall–Kier alpha value is -3.92. The first-order valence-corrected chi connectivity index (χ1v) is 15.6. The monoisotopic (exact) mass is 595 g/mol. The standard InChI is InChI=1S/C32H38FN3O5S/c1-23-9-19-30(20-10-23)42(39,40)36(28-15-17-29(41-3)18-16-28)22-31(37)35(21-25-11-13-26(33)14-12-25)24(2)32(38)34-27-7-5-4-6-8-27/h9-20,24,27H,4-8,21-22H2,1-3H3,(H,34,38). The maximum Gasteiger partial charge on any atom is 0.264 e. The van der Waals surface area contributed by atoms with E-state index in [2.05, 4.69) is 5.32 Å². The lowest BCUT2D eigenvalue weighted by atomic mass is 9.95. The van der Waals surface area contributed by atoms with Crippen LogP contribution in [-0.2, 0) is 26.2 Å². The summed E-state index contributed by atoms with van der Waals surface area (Å²) in [7, 11) is -2.66. The molecular formula is C32H38FN3O5S. The van der Waals surface area contributed by atoms with Crippen LogP contribution in [0.25, 0.3) is 0 Å². The van der Waals surface area contributed by atoms with E-state index in [4.69, 9.17) is 4.74 Å². The number of methoxy groups -OCH3 is 1. The molecule has 0 saturated heterocycles. The molecule has 1 unspecified atom stereocenters. The molecule has 8 nitrogen and oxygen atoms in total. The first-order chi connectivity index (χ1) is 20.1. The highest BCUT2D eigenvalue weighted by Gasteiger charge is 2.33. The first kappa shape index (κ1) is 31.0. The van der Waals surface area contributed by atoms with E-state index >= 15 is 0 Å². The van der Waals surface area contributed by atoms with Crippen molar-refractivity contribution in [3.8, 4) is 5.75 Å². The van der Waals surface area contributed by atoms with Crippen molar-refractivity contribution in [1.29, 1.82) is 0 Å². The second-order valence-corrected chi connectivity index (χ2v) is 12.6. The van der Waals surface area contributed by atoms with Crippen molar-refractivity contribution >= 4 is 27.5 Å². The highest BCUT2D eigenvalue weighted by Crippen LogP contribution is 2.27. The predicted octanol–water partition coefficient (Wildman–Crippen LogP) is 5.20. The molecule has 1 saturated carbocycles. The van der Waals surface area contributed by atoms with Gasteiger partial charge in [-0.3, -0.25) is 13.9 Å². The van der Waals surface area contributed by atoms with E-state index in [1.165, 1.54) is 36.3 Å². The summed E-state index contributed by atoms with van der Waals surface area (Å²) in [6.45, 7) is 2.93. The van der Waals surface area contributed by atoms with Gasteiger partial charge in [0, 0.05) is 12.6 Å². The third kappa shape index (κ3) is 7.67. The van der Waals surface area contributed by atoms with E-state index in [9.17, 15) is 22.4 Å². The predicted molar refractivity (Wildman–Crippen MR) is 160 cm³/mol. The summed E-state index contributed by atoms with van der Waals surface area (Å²) in [6, 6.07) is 17.6. The molecule has 1 fully saturated rings. The van der Waals surface area contributed by atoms with Gasteiger partial charge in [-0.25, -0.2) is 12.8 Å². The van der Waals surface area contributed by atoms with Crippen molar-refractivity contribution in [3.63, 3.8) is 0 Å². The summed E-state index contributed by atoms with van der Waals surface area (Å²) in [5, 5.41) is 3.07. The number of carbonyl (C=O) groups excluding carboxylic acids is 2. The van der Waals surface area contributed by atoms with E-state index in [0.717, 1.165) is 42.0 Å². The van der Waals surface area contributed by atoms with E-state index < -0.39 is 34.3 Å². The molecule has 2 amide bonds. The van der Waals surface area contributed by atoms with Crippen molar-refractivity contribution in [3.05, 3.63) is 89.7 Å².